The number of nitrogens with one attached hydrogen (secondary N) is 1. The van der Waals surface area contributed by atoms with Crippen molar-refractivity contribution in [1.82, 2.24) is 5.32 Å². The Morgan fingerprint density at radius 3 is 2.43 bits per heavy atom. The first-order valence-corrected chi connectivity index (χ1v) is 5.96. The zero-order chi connectivity index (χ0) is 10.4. The van der Waals surface area contributed by atoms with E-state index < -0.39 is 0 Å². The second-order valence-corrected chi connectivity index (χ2v) is 4.80. The van der Waals surface area contributed by atoms with Gasteiger partial charge in [-0.2, -0.15) is 0 Å². The quantitative estimate of drug-likeness (QED) is 0.733. The molecule has 1 N–H and O–H groups in total. The molecular weight excluding hydrogens is 174 g/mol. The Hall–Kier alpha value is -0.0800. The van der Waals surface area contributed by atoms with E-state index in [1.54, 1.807) is 0 Å². The van der Waals surface area contributed by atoms with E-state index >= 15 is 0 Å². The summed E-state index contributed by atoms with van der Waals surface area (Å²) < 4.78 is 5.38. The highest BCUT2D eigenvalue weighted by Crippen LogP contribution is 2.26. The lowest BCUT2D eigenvalue weighted by Gasteiger charge is -2.27. The molecule has 1 heterocycles. The molecule has 0 spiro atoms. The van der Waals surface area contributed by atoms with Crippen molar-refractivity contribution in [3.63, 3.8) is 0 Å². The predicted molar refractivity (Wildman–Crippen MR) is 60.4 cm³/mol. The van der Waals surface area contributed by atoms with E-state index in [-0.39, 0.29) is 0 Å². The molecule has 1 rings (SSSR count). The van der Waals surface area contributed by atoms with Gasteiger partial charge in [-0.15, -0.1) is 0 Å². The molecule has 0 aliphatic carbocycles. The molecule has 2 nitrogen and oxygen atoms in total. The number of hydrogen-bond acceptors (Lipinski definition) is 2. The molecule has 0 saturated carbocycles. The lowest BCUT2D eigenvalue weighted by molar-refractivity contribution is 0.0565. The lowest BCUT2D eigenvalue weighted by atomic mass is 9.83. The minimum Gasteiger partial charge on any atom is -0.381 e. The van der Waals surface area contributed by atoms with Crippen LogP contribution in [0.2, 0.25) is 0 Å². The standard InChI is InChI=1S/C12H25NO/c1-10(11(2)9-13-3)8-12-4-6-14-7-5-12/h10-13H,4-9H2,1-3H3. The molecule has 1 fully saturated rings. The Morgan fingerprint density at radius 1 is 1.21 bits per heavy atom. The van der Waals surface area contributed by atoms with Crippen molar-refractivity contribution in [1.29, 1.82) is 0 Å². The Balaban J connectivity index is 2.20. The van der Waals surface area contributed by atoms with Gasteiger partial charge in [0, 0.05) is 13.2 Å². The zero-order valence-corrected chi connectivity index (χ0v) is 9.88. The van der Waals surface area contributed by atoms with Crippen molar-refractivity contribution in [3.8, 4) is 0 Å². The molecule has 0 amide bonds. The van der Waals surface area contributed by atoms with Gasteiger partial charge >= 0.3 is 0 Å². The van der Waals surface area contributed by atoms with Crippen molar-refractivity contribution in [2.75, 3.05) is 26.8 Å². The first kappa shape index (κ1) is 12.0. The summed E-state index contributed by atoms with van der Waals surface area (Å²) in [6, 6.07) is 0. The molecule has 0 aromatic carbocycles. The van der Waals surface area contributed by atoms with Crippen molar-refractivity contribution >= 4 is 0 Å². The summed E-state index contributed by atoms with van der Waals surface area (Å²) in [7, 11) is 2.04. The third kappa shape index (κ3) is 3.97. The summed E-state index contributed by atoms with van der Waals surface area (Å²) in [5.74, 6) is 2.55. The maximum atomic E-state index is 5.38. The van der Waals surface area contributed by atoms with E-state index in [4.69, 9.17) is 4.74 Å². The summed E-state index contributed by atoms with van der Waals surface area (Å²) in [5.41, 5.74) is 0. The highest BCUT2D eigenvalue weighted by Gasteiger charge is 2.19. The summed E-state index contributed by atoms with van der Waals surface area (Å²) in [6.45, 7) is 7.85. The summed E-state index contributed by atoms with van der Waals surface area (Å²) in [5, 5.41) is 3.26. The summed E-state index contributed by atoms with van der Waals surface area (Å²) in [4.78, 5) is 0. The van der Waals surface area contributed by atoms with Crippen LogP contribution in [0.5, 0.6) is 0 Å². The van der Waals surface area contributed by atoms with Gasteiger partial charge in [-0.1, -0.05) is 13.8 Å². The van der Waals surface area contributed by atoms with Gasteiger partial charge in [0.1, 0.15) is 0 Å². The molecule has 84 valence electrons. The van der Waals surface area contributed by atoms with E-state index in [1.807, 2.05) is 7.05 Å². The Kier molecular flexibility index (Phi) is 5.49. The Morgan fingerprint density at radius 2 is 1.86 bits per heavy atom. The van der Waals surface area contributed by atoms with Crippen LogP contribution in [0.25, 0.3) is 0 Å². The van der Waals surface area contributed by atoms with Crippen LogP contribution < -0.4 is 5.32 Å². The molecule has 1 aliphatic heterocycles. The third-order valence-electron chi connectivity index (χ3n) is 3.54. The van der Waals surface area contributed by atoms with Crippen LogP contribution in [-0.2, 0) is 4.74 Å². The average Bonchev–Trinajstić information content (AvgIpc) is 2.19. The van der Waals surface area contributed by atoms with Crippen LogP contribution in [-0.4, -0.2) is 26.8 Å². The van der Waals surface area contributed by atoms with Gasteiger partial charge in [0.2, 0.25) is 0 Å². The molecule has 2 unspecified atom stereocenters. The van der Waals surface area contributed by atoms with Crippen LogP contribution in [0.1, 0.15) is 33.1 Å². The molecule has 14 heavy (non-hydrogen) atoms. The first-order valence-electron chi connectivity index (χ1n) is 5.96. The highest BCUT2D eigenvalue weighted by atomic mass is 16.5. The fourth-order valence-corrected chi connectivity index (χ4v) is 2.26. The smallest absolute Gasteiger partial charge is 0.0468 e. The van der Waals surface area contributed by atoms with E-state index in [1.165, 1.54) is 19.3 Å². The van der Waals surface area contributed by atoms with Gasteiger partial charge in [-0.25, -0.2) is 0 Å². The topological polar surface area (TPSA) is 21.3 Å². The van der Waals surface area contributed by atoms with Crippen LogP contribution in [0.15, 0.2) is 0 Å². The van der Waals surface area contributed by atoms with Crippen LogP contribution >= 0.6 is 0 Å². The second-order valence-electron chi connectivity index (χ2n) is 4.80. The number of hydrogen-bond donors (Lipinski definition) is 1. The predicted octanol–water partition coefficient (Wildman–Crippen LogP) is 2.29. The largest absolute Gasteiger partial charge is 0.381 e. The maximum absolute atomic E-state index is 5.38. The fraction of sp³-hybridized carbons (Fsp3) is 1.00. The SMILES string of the molecule is CNCC(C)C(C)CC1CCOCC1. The van der Waals surface area contributed by atoms with Gasteiger partial charge in [0.25, 0.3) is 0 Å². The molecule has 1 saturated heterocycles. The molecule has 2 atom stereocenters. The van der Waals surface area contributed by atoms with Crippen LogP contribution in [0.4, 0.5) is 0 Å². The molecule has 0 radical (unpaired) electrons. The fourth-order valence-electron chi connectivity index (χ4n) is 2.26. The van der Waals surface area contributed by atoms with Crippen molar-refractivity contribution in [2.45, 2.75) is 33.1 Å². The molecule has 1 aliphatic rings. The first-order chi connectivity index (χ1) is 6.74. The molecule has 0 aromatic heterocycles. The molecular formula is C12H25NO. The Bertz CT molecular complexity index is 143. The van der Waals surface area contributed by atoms with Crippen molar-refractivity contribution in [3.05, 3.63) is 0 Å². The average molecular weight is 199 g/mol. The van der Waals surface area contributed by atoms with Crippen molar-refractivity contribution < 1.29 is 4.74 Å². The summed E-state index contributed by atoms with van der Waals surface area (Å²) >= 11 is 0. The van der Waals surface area contributed by atoms with Crippen LogP contribution in [0, 0.1) is 17.8 Å². The third-order valence-corrected chi connectivity index (χ3v) is 3.54. The van der Waals surface area contributed by atoms with E-state index in [0.717, 1.165) is 37.5 Å². The minimum absolute atomic E-state index is 0.794. The molecule has 2 heteroatoms. The van der Waals surface area contributed by atoms with E-state index in [9.17, 15) is 0 Å². The highest BCUT2D eigenvalue weighted by molar-refractivity contribution is 4.71. The summed E-state index contributed by atoms with van der Waals surface area (Å²) in [6.07, 6.45) is 3.93. The van der Waals surface area contributed by atoms with E-state index in [0.29, 0.717) is 0 Å². The molecule has 0 aromatic rings. The monoisotopic (exact) mass is 199 g/mol. The maximum Gasteiger partial charge on any atom is 0.0468 e. The van der Waals surface area contributed by atoms with Crippen LogP contribution in [0.3, 0.4) is 0 Å². The van der Waals surface area contributed by atoms with Gasteiger partial charge in [-0.3, -0.25) is 0 Å². The van der Waals surface area contributed by atoms with Gasteiger partial charge in [0.05, 0.1) is 0 Å². The van der Waals surface area contributed by atoms with E-state index in [2.05, 4.69) is 19.2 Å². The van der Waals surface area contributed by atoms with Gasteiger partial charge < -0.3 is 10.1 Å². The lowest BCUT2D eigenvalue weighted by Crippen LogP contribution is -2.25. The Labute approximate surface area is 88.4 Å². The normalized spacial score (nSPS) is 23.4. The second kappa shape index (κ2) is 6.41. The minimum atomic E-state index is 0.794. The zero-order valence-electron chi connectivity index (χ0n) is 9.88. The van der Waals surface area contributed by atoms with Gasteiger partial charge in [0.15, 0.2) is 0 Å². The van der Waals surface area contributed by atoms with Gasteiger partial charge in [-0.05, 0) is 50.6 Å². The number of ether oxygens (including phenoxy) is 1. The molecule has 0 bridgehead atoms. The number of rotatable bonds is 5. The van der Waals surface area contributed by atoms with Crippen molar-refractivity contribution in [2.24, 2.45) is 17.8 Å².